The molecule has 5 heteroatoms. The molecule has 1 heterocycles. The van der Waals surface area contributed by atoms with Gasteiger partial charge in [-0.3, -0.25) is 4.79 Å². The lowest BCUT2D eigenvalue weighted by atomic mass is 10.0. The Morgan fingerprint density at radius 3 is 2.92 bits per heavy atom. The molecule has 0 aromatic carbocycles. The summed E-state index contributed by atoms with van der Waals surface area (Å²) in [5, 5.41) is 16.0. The van der Waals surface area contributed by atoms with Crippen molar-refractivity contribution in [2.45, 2.75) is 26.2 Å². The van der Waals surface area contributed by atoms with Gasteiger partial charge in [-0.2, -0.15) is 5.10 Å². The zero-order valence-electron chi connectivity index (χ0n) is 7.56. The fourth-order valence-electron chi connectivity index (χ4n) is 1.15. The molecule has 5 nitrogen and oxygen atoms in total. The standard InChI is InChI=1S/C8H11N3O2/c1-5(3-7(12)13)8-6(2)9-4-10-11-8/h4-5H,3H2,1-2H3,(H,12,13). The zero-order chi connectivity index (χ0) is 9.84. The minimum atomic E-state index is -0.836. The number of aromatic nitrogens is 3. The summed E-state index contributed by atoms with van der Waals surface area (Å²) in [7, 11) is 0. The van der Waals surface area contributed by atoms with Crippen LogP contribution in [0.5, 0.6) is 0 Å². The Balaban J connectivity index is 2.82. The number of rotatable bonds is 3. The van der Waals surface area contributed by atoms with E-state index in [0.29, 0.717) is 5.69 Å². The van der Waals surface area contributed by atoms with E-state index in [9.17, 15) is 4.79 Å². The summed E-state index contributed by atoms with van der Waals surface area (Å²) in [5.41, 5.74) is 1.40. The highest BCUT2D eigenvalue weighted by atomic mass is 16.4. The molecule has 1 aromatic rings. The number of aliphatic carboxylic acids is 1. The van der Waals surface area contributed by atoms with E-state index in [2.05, 4.69) is 15.2 Å². The number of carboxylic acids is 1. The summed E-state index contributed by atoms with van der Waals surface area (Å²) < 4.78 is 0. The maximum Gasteiger partial charge on any atom is 0.304 e. The van der Waals surface area contributed by atoms with Gasteiger partial charge in [0.15, 0.2) is 0 Å². The molecular weight excluding hydrogens is 170 g/mol. The van der Waals surface area contributed by atoms with Crippen LogP contribution in [0.15, 0.2) is 6.33 Å². The first kappa shape index (κ1) is 9.57. The SMILES string of the molecule is Cc1ncnnc1C(C)CC(=O)O. The monoisotopic (exact) mass is 181 g/mol. The van der Waals surface area contributed by atoms with E-state index in [-0.39, 0.29) is 12.3 Å². The molecule has 0 aliphatic carbocycles. The second-order valence-corrected chi connectivity index (χ2v) is 2.93. The molecule has 0 saturated carbocycles. The first-order valence-electron chi connectivity index (χ1n) is 3.97. The second kappa shape index (κ2) is 3.93. The minimum Gasteiger partial charge on any atom is -0.481 e. The van der Waals surface area contributed by atoms with Gasteiger partial charge in [0.1, 0.15) is 6.33 Å². The zero-order valence-corrected chi connectivity index (χ0v) is 7.56. The quantitative estimate of drug-likeness (QED) is 0.744. The molecule has 70 valence electrons. The normalized spacial score (nSPS) is 12.5. The summed E-state index contributed by atoms with van der Waals surface area (Å²) in [6.07, 6.45) is 1.41. The lowest BCUT2D eigenvalue weighted by Crippen LogP contribution is -2.08. The van der Waals surface area contributed by atoms with E-state index in [1.807, 2.05) is 0 Å². The summed E-state index contributed by atoms with van der Waals surface area (Å²) in [4.78, 5) is 14.4. The van der Waals surface area contributed by atoms with Crippen LogP contribution in [-0.4, -0.2) is 26.3 Å². The number of carbonyl (C=O) groups is 1. The van der Waals surface area contributed by atoms with Gasteiger partial charge in [-0.15, -0.1) is 5.10 Å². The van der Waals surface area contributed by atoms with Gasteiger partial charge in [-0.1, -0.05) is 6.92 Å². The van der Waals surface area contributed by atoms with Crippen molar-refractivity contribution in [1.82, 2.24) is 15.2 Å². The van der Waals surface area contributed by atoms with E-state index >= 15 is 0 Å². The highest BCUT2D eigenvalue weighted by Crippen LogP contribution is 2.17. The first-order valence-corrected chi connectivity index (χ1v) is 3.97. The van der Waals surface area contributed by atoms with Crippen LogP contribution in [0.25, 0.3) is 0 Å². The molecule has 0 aliphatic heterocycles. The number of carboxylic acid groups (broad SMARTS) is 1. The summed E-state index contributed by atoms with van der Waals surface area (Å²) in [5.74, 6) is -0.976. The van der Waals surface area contributed by atoms with Crippen molar-refractivity contribution in [1.29, 1.82) is 0 Å². The maximum atomic E-state index is 10.4. The molecule has 0 bridgehead atoms. The third-order valence-corrected chi connectivity index (χ3v) is 1.79. The largest absolute Gasteiger partial charge is 0.481 e. The fourth-order valence-corrected chi connectivity index (χ4v) is 1.15. The number of hydrogen-bond donors (Lipinski definition) is 1. The van der Waals surface area contributed by atoms with Crippen molar-refractivity contribution in [3.05, 3.63) is 17.7 Å². The van der Waals surface area contributed by atoms with Crippen molar-refractivity contribution < 1.29 is 9.90 Å². The first-order chi connectivity index (χ1) is 6.11. The Kier molecular flexibility index (Phi) is 2.89. The Morgan fingerprint density at radius 2 is 2.38 bits per heavy atom. The lowest BCUT2D eigenvalue weighted by Gasteiger charge is -2.08. The summed E-state index contributed by atoms with van der Waals surface area (Å²) in [6.45, 7) is 3.59. The topological polar surface area (TPSA) is 76.0 Å². The van der Waals surface area contributed by atoms with Crippen LogP contribution in [0, 0.1) is 6.92 Å². The van der Waals surface area contributed by atoms with Crippen LogP contribution >= 0.6 is 0 Å². The van der Waals surface area contributed by atoms with Gasteiger partial charge in [-0.25, -0.2) is 4.98 Å². The van der Waals surface area contributed by atoms with E-state index in [1.54, 1.807) is 13.8 Å². The third kappa shape index (κ3) is 2.47. The molecule has 1 atom stereocenters. The van der Waals surface area contributed by atoms with Crippen LogP contribution in [-0.2, 0) is 4.79 Å². The molecule has 0 fully saturated rings. The van der Waals surface area contributed by atoms with Crippen LogP contribution in [0.2, 0.25) is 0 Å². The smallest absolute Gasteiger partial charge is 0.304 e. The Bertz CT molecular complexity index is 314. The van der Waals surface area contributed by atoms with E-state index in [1.165, 1.54) is 6.33 Å². The van der Waals surface area contributed by atoms with Gasteiger partial charge in [0.05, 0.1) is 17.8 Å². The van der Waals surface area contributed by atoms with Gasteiger partial charge < -0.3 is 5.11 Å². The molecule has 1 N–H and O–H groups in total. The highest BCUT2D eigenvalue weighted by molar-refractivity contribution is 5.67. The van der Waals surface area contributed by atoms with E-state index < -0.39 is 5.97 Å². The molecule has 0 aliphatic rings. The highest BCUT2D eigenvalue weighted by Gasteiger charge is 2.14. The van der Waals surface area contributed by atoms with Crippen LogP contribution in [0.1, 0.15) is 30.7 Å². The maximum absolute atomic E-state index is 10.4. The van der Waals surface area contributed by atoms with Crippen molar-refractivity contribution >= 4 is 5.97 Å². The Hall–Kier alpha value is -1.52. The number of hydrogen-bond acceptors (Lipinski definition) is 4. The summed E-state index contributed by atoms with van der Waals surface area (Å²) in [6, 6.07) is 0. The molecular formula is C8H11N3O2. The minimum absolute atomic E-state index is 0.0568. The van der Waals surface area contributed by atoms with Crippen molar-refractivity contribution in [2.75, 3.05) is 0 Å². The van der Waals surface area contributed by atoms with Crippen LogP contribution in [0.3, 0.4) is 0 Å². The summed E-state index contributed by atoms with van der Waals surface area (Å²) >= 11 is 0. The average Bonchev–Trinajstić information content (AvgIpc) is 2.03. The predicted octanol–water partition coefficient (Wildman–Crippen LogP) is 0.758. The van der Waals surface area contributed by atoms with E-state index in [4.69, 9.17) is 5.11 Å². The van der Waals surface area contributed by atoms with Crippen LogP contribution < -0.4 is 0 Å². The molecule has 1 unspecified atom stereocenters. The lowest BCUT2D eigenvalue weighted by molar-refractivity contribution is -0.137. The van der Waals surface area contributed by atoms with Gasteiger partial charge in [0, 0.05) is 5.92 Å². The molecule has 1 rings (SSSR count). The van der Waals surface area contributed by atoms with Crippen molar-refractivity contribution in [3.8, 4) is 0 Å². The molecule has 13 heavy (non-hydrogen) atoms. The average molecular weight is 181 g/mol. The molecule has 0 radical (unpaired) electrons. The van der Waals surface area contributed by atoms with Crippen LogP contribution in [0.4, 0.5) is 0 Å². The van der Waals surface area contributed by atoms with Crippen molar-refractivity contribution in [3.63, 3.8) is 0 Å². The van der Waals surface area contributed by atoms with Gasteiger partial charge in [-0.05, 0) is 6.92 Å². The van der Waals surface area contributed by atoms with Gasteiger partial charge in [0.25, 0.3) is 0 Å². The molecule has 0 amide bonds. The third-order valence-electron chi connectivity index (χ3n) is 1.79. The Morgan fingerprint density at radius 1 is 1.69 bits per heavy atom. The van der Waals surface area contributed by atoms with Crippen molar-refractivity contribution in [2.24, 2.45) is 0 Å². The number of aryl methyl sites for hydroxylation is 1. The predicted molar refractivity (Wildman–Crippen MR) is 45.2 cm³/mol. The fraction of sp³-hybridized carbons (Fsp3) is 0.500. The molecule has 0 saturated heterocycles. The number of nitrogens with zero attached hydrogens (tertiary/aromatic N) is 3. The van der Waals surface area contributed by atoms with Gasteiger partial charge in [0.2, 0.25) is 0 Å². The molecule has 0 spiro atoms. The van der Waals surface area contributed by atoms with E-state index in [0.717, 1.165) is 5.69 Å². The van der Waals surface area contributed by atoms with Gasteiger partial charge >= 0.3 is 5.97 Å². The Labute approximate surface area is 75.8 Å². The second-order valence-electron chi connectivity index (χ2n) is 2.93. The molecule has 1 aromatic heterocycles.